The third-order valence-corrected chi connectivity index (χ3v) is 8.81. The Bertz CT molecular complexity index is 2140. The van der Waals surface area contributed by atoms with Crippen LogP contribution in [-0.4, -0.2) is 68.9 Å². The number of carboxylic acids is 1. The number of aliphatic carboxylic acids is 1. The van der Waals surface area contributed by atoms with E-state index in [0.717, 1.165) is 0 Å². The van der Waals surface area contributed by atoms with Gasteiger partial charge in [0.25, 0.3) is 0 Å². The number of ether oxygens (including phenoxy) is 1. The van der Waals surface area contributed by atoms with Crippen LogP contribution in [0.4, 0.5) is 13.6 Å². The molecule has 13 nitrogen and oxygen atoms in total. The zero-order chi connectivity index (χ0) is 34.8. The van der Waals surface area contributed by atoms with E-state index in [1.807, 2.05) is 0 Å². The van der Waals surface area contributed by atoms with Gasteiger partial charge < -0.3 is 25.3 Å². The molecule has 254 valence electrons. The van der Waals surface area contributed by atoms with Crippen LogP contribution >= 0.6 is 0 Å². The Labute approximate surface area is 273 Å². The molecule has 1 fully saturated rings. The van der Waals surface area contributed by atoms with Gasteiger partial charge in [-0.2, -0.15) is 4.39 Å². The minimum absolute atomic E-state index is 0.0455. The molecule has 4 heterocycles. The number of aliphatic hydroxyl groups is 1. The number of carbonyl (C=O) groups excluding carboxylic acids is 1. The van der Waals surface area contributed by atoms with Gasteiger partial charge in [-0.3, -0.25) is 18.6 Å². The molecule has 0 spiro atoms. The summed E-state index contributed by atoms with van der Waals surface area (Å²) in [6.07, 6.45) is 1.36. The Hall–Kier alpha value is -5.05. The number of imidazole rings is 1. The maximum absolute atomic E-state index is 16.2. The normalized spacial score (nSPS) is 18.9. The van der Waals surface area contributed by atoms with Crippen molar-refractivity contribution in [3.8, 4) is 22.4 Å². The maximum atomic E-state index is 16.2. The second-order valence-electron chi connectivity index (χ2n) is 13.5. The number of aromatic amines is 1. The molecule has 4 aromatic heterocycles. The summed E-state index contributed by atoms with van der Waals surface area (Å²) < 4.78 is 41.0. The lowest BCUT2D eigenvalue weighted by atomic mass is 9.93. The van der Waals surface area contributed by atoms with Gasteiger partial charge in [0.15, 0.2) is 0 Å². The van der Waals surface area contributed by atoms with Crippen molar-refractivity contribution < 1.29 is 33.3 Å². The van der Waals surface area contributed by atoms with E-state index in [1.54, 1.807) is 47.9 Å². The lowest BCUT2D eigenvalue weighted by molar-refractivity contribution is -0.137. The molecule has 1 saturated carbocycles. The van der Waals surface area contributed by atoms with E-state index in [9.17, 15) is 24.6 Å². The van der Waals surface area contributed by atoms with Gasteiger partial charge in [0.05, 0.1) is 52.4 Å². The van der Waals surface area contributed by atoms with Gasteiger partial charge in [-0.1, -0.05) is 19.1 Å². The van der Waals surface area contributed by atoms with Crippen LogP contribution in [0.2, 0.25) is 0 Å². The molecule has 0 saturated heterocycles. The fourth-order valence-electron chi connectivity index (χ4n) is 6.65. The summed E-state index contributed by atoms with van der Waals surface area (Å²) in [7, 11) is 3.12. The van der Waals surface area contributed by atoms with Crippen LogP contribution in [0.3, 0.4) is 0 Å². The van der Waals surface area contributed by atoms with Crippen LogP contribution in [0, 0.1) is 11.8 Å². The van der Waals surface area contributed by atoms with Gasteiger partial charge in [-0.05, 0) is 51.2 Å². The first-order valence-corrected chi connectivity index (χ1v) is 15.5. The number of nitrogens with zero attached hydrogens (tertiary/aromatic N) is 5. The molecular weight excluding hydrogens is 628 g/mol. The Morgan fingerprint density at radius 2 is 1.92 bits per heavy atom. The lowest BCUT2D eigenvalue weighted by Crippen LogP contribution is -2.42. The van der Waals surface area contributed by atoms with Crippen LogP contribution in [0.15, 0.2) is 35.4 Å². The maximum Gasteiger partial charge on any atom is 0.407 e. The van der Waals surface area contributed by atoms with E-state index in [1.165, 1.54) is 38.3 Å². The van der Waals surface area contributed by atoms with Crippen LogP contribution < -0.4 is 11.0 Å². The van der Waals surface area contributed by atoms with E-state index < -0.39 is 59.2 Å². The van der Waals surface area contributed by atoms with Gasteiger partial charge in [0.1, 0.15) is 17.1 Å². The number of aliphatic hydroxyl groups excluding tert-OH is 1. The number of alkyl carbamates (subject to hydrolysis) is 1. The smallest absolute Gasteiger partial charge is 0.407 e. The lowest BCUT2D eigenvalue weighted by Gasteiger charge is -2.23. The van der Waals surface area contributed by atoms with E-state index in [2.05, 4.69) is 20.4 Å². The number of pyridine rings is 1. The van der Waals surface area contributed by atoms with E-state index >= 15 is 8.78 Å². The number of rotatable bonds is 7. The number of aryl methyl sites for hydroxylation is 2. The summed E-state index contributed by atoms with van der Waals surface area (Å²) in [5.74, 6) is -2.99. The van der Waals surface area contributed by atoms with Crippen molar-refractivity contribution in [2.24, 2.45) is 14.1 Å². The Kier molecular flexibility index (Phi) is 8.14. The molecule has 0 aliphatic heterocycles. The molecule has 0 radical (unpaired) electrons. The second kappa shape index (κ2) is 11.9. The minimum Gasteiger partial charge on any atom is -0.481 e. The second-order valence-corrected chi connectivity index (χ2v) is 13.5. The van der Waals surface area contributed by atoms with Crippen molar-refractivity contribution >= 4 is 34.1 Å². The molecule has 1 aliphatic rings. The van der Waals surface area contributed by atoms with Gasteiger partial charge in [0, 0.05) is 37.5 Å². The third-order valence-electron chi connectivity index (χ3n) is 8.81. The molecule has 6 rings (SSSR count). The van der Waals surface area contributed by atoms with Gasteiger partial charge >= 0.3 is 17.8 Å². The van der Waals surface area contributed by atoms with Crippen molar-refractivity contribution in [2.75, 3.05) is 0 Å². The number of hydrogen-bond donors (Lipinski definition) is 4. The third kappa shape index (κ3) is 5.82. The van der Waals surface area contributed by atoms with Gasteiger partial charge in [-0.15, -0.1) is 5.10 Å². The van der Waals surface area contributed by atoms with Crippen molar-refractivity contribution in [3.05, 3.63) is 58.4 Å². The van der Waals surface area contributed by atoms with Crippen molar-refractivity contribution in [1.29, 1.82) is 0 Å². The molecule has 1 aliphatic carbocycles. The summed E-state index contributed by atoms with van der Waals surface area (Å²) in [6, 6.07) is 3.09. The molecule has 4 N–H and O–H groups in total. The number of benzene rings is 1. The molecule has 5 aromatic rings. The number of halogens is 2. The number of nitrogens with one attached hydrogen (secondary N) is 2. The highest BCUT2D eigenvalue weighted by atomic mass is 19.1. The number of fused-ring (bicyclic) bond motifs is 3. The standard InChI is InChI=1S/C33H37F2N7O6/c1-15(9-24(44)45)16-7-8-18(20(34)10-16)25-26-28-22(13-36-30(26)38-27(25)19-14-40(5)39-29(19)35)41(6)32(47)42(28)17-11-21(23(43)12-17)37-31(46)48-33(2,3)4/h7-8,10,13-15,17,21,23,43H,9,11-12H2,1-6H3,(H,36,38)(H,37,46)(H,44,45)/t15-,17+,21+,23-/m1/s1. The van der Waals surface area contributed by atoms with Crippen LogP contribution in [0.1, 0.15) is 64.5 Å². The quantitative estimate of drug-likeness (QED) is 0.193. The van der Waals surface area contributed by atoms with Crippen molar-refractivity contribution in [3.63, 3.8) is 0 Å². The zero-order valence-electron chi connectivity index (χ0n) is 27.3. The number of H-pyrrole nitrogens is 1. The Balaban J connectivity index is 1.57. The number of hydrogen-bond acceptors (Lipinski definition) is 7. The first-order valence-electron chi connectivity index (χ1n) is 15.5. The highest BCUT2D eigenvalue weighted by Gasteiger charge is 2.38. The van der Waals surface area contributed by atoms with Crippen molar-refractivity contribution in [1.82, 2.24) is 34.2 Å². The van der Waals surface area contributed by atoms with Gasteiger partial charge in [0.2, 0.25) is 5.95 Å². The monoisotopic (exact) mass is 665 g/mol. The molecule has 0 unspecified atom stereocenters. The molecular formula is C33H37F2N7O6. The average molecular weight is 666 g/mol. The SMILES string of the molecule is C[C@H](CC(=O)O)c1ccc(-c2c(-c3cn(C)nc3F)[nH]c3ncc4c(c23)n([C@@H]2C[C@@H](O)[C@@H](NC(=O)OC(C)(C)C)C2)c(=O)n4C)c(F)c1. The van der Waals surface area contributed by atoms with Gasteiger partial charge in [-0.25, -0.2) is 19.0 Å². The van der Waals surface area contributed by atoms with E-state index in [4.69, 9.17) is 4.74 Å². The van der Waals surface area contributed by atoms with E-state index in [0.29, 0.717) is 22.0 Å². The van der Waals surface area contributed by atoms with Crippen molar-refractivity contribution in [2.45, 2.75) is 76.7 Å². The first kappa shape index (κ1) is 32.9. The van der Waals surface area contributed by atoms with Crippen LogP contribution in [0.5, 0.6) is 0 Å². The topological polar surface area (TPSA) is 169 Å². The number of carbonyl (C=O) groups is 2. The predicted molar refractivity (Wildman–Crippen MR) is 172 cm³/mol. The molecule has 0 bridgehead atoms. The Morgan fingerprint density at radius 1 is 1.19 bits per heavy atom. The summed E-state index contributed by atoms with van der Waals surface area (Å²) in [5, 5.41) is 27.1. The predicted octanol–water partition coefficient (Wildman–Crippen LogP) is 4.73. The first-order chi connectivity index (χ1) is 22.5. The Morgan fingerprint density at radius 3 is 2.54 bits per heavy atom. The number of carboxylic acid groups (broad SMARTS) is 1. The molecule has 4 atom stereocenters. The molecule has 15 heteroatoms. The number of amides is 1. The summed E-state index contributed by atoms with van der Waals surface area (Å²) >= 11 is 0. The number of aromatic nitrogens is 6. The summed E-state index contributed by atoms with van der Waals surface area (Å²) in [6.45, 7) is 6.86. The molecule has 1 amide bonds. The summed E-state index contributed by atoms with van der Waals surface area (Å²) in [4.78, 5) is 45.4. The largest absolute Gasteiger partial charge is 0.481 e. The van der Waals surface area contributed by atoms with E-state index in [-0.39, 0.29) is 47.3 Å². The van der Waals surface area contributed by atoms with Crippen LogP contribution in [-0.2, 0) is 23.6 Å². The highest BCUT2D eigenvalue weighted by molar-refractivity contribution is 6.14. The average Bonchev–Trinajstić information content (AvgIpc) is 3.70. The fraction of sp³-hybridized carbons (Fsp3) is 0.424. The molecule has 48 heavy (non-hydrogen) atoms. The fourth-order valence-corrected chi connectivity index (χ4v) is 6.65. The summed E-state index contributed by atoms with van der Waals surface area (Å²) in [5.41, 5.74) is 0.859. The highest BCUT2D eigenvalue weighted by Crippen LogP contribution is 2.44. The molecule has 1 aromatic carbocycles. The zero-order valence-corrected chi connectivity index (χ0v) is 27.3. The van der Waals surface area contributed by atoms with Crippen LogP contribution in [0.25, 0.3) is 44.5 Å². The minimum atomic E-state index is -1.02.